The molecule has 1 aromatic rings. The highest BCUT2D eigenvalue weighted by atomic mass is 19.2. The van der Waals surface area contributed by atoms with Crippen LogP contribution in [0.25, 0.3) is 0 Å². The van der Waals surface area contributed by atoms with Crippen molar-refractivity contribution in [2.45, 2.75) is 12.6 Å². The molecule has 0 radical (unpaired) electrons. The molecule has 3 N–H and O–H groups in total. The van der Waals surface area contributed by atoms with Crippen LogP contribution in [0.4, 0.5) is 13.6 Å². The van der Waals surface area contributed by atoms with Crippen LogP contribution >= 0.6 is 0 Å². The van der Waals surface area contributed by atoms with Crippen LogP contribution in [0.1, 0.15) is 5.56 Å². The zero-order valence-corrected chi connectivity index (χ0v) is 10.7. The normalized spacial score (nSPS) is 11.8. The molecule has 1 atom stereocenters. The van der Waals surface area contributed by atoms with Crippen molar-refractivity contribution in [1.82, 2.24) is 10.6 Å². The fourth-order valence-electron chi connectivity index (χ4n) is 1.35. The molecule has 0 fully saturated rings. The van der Waals surface area contributed by atoms with Crippen molar-refractivity contribution < 1.29 is 28.2 Å². The highest BCUT2D eigenvalue weighted by molar-refractivity contribution is 5.76. The average Bonchev–Trinajstić information content (AvgIpc) is 2.40. The molecule has 1 aromatic carbocycles. The van der Waals surface area contributed by atoms with Crippen molar-refractivity contribution in [3.05, 3.63) is 35.4 Å². The zero-order chi connectivity index (χ0) is 15.1. The van der Waals surface area contributed by atoms with Crippen LogP contribution in [-0.2, 0) is 16.1 Å². The quantitative estimate of drug-likeness (QED) is 0.724. The van der Waals surface area contributed by atoms with Crippen molar-refractivity contribution in [3.63, 3.8) is 0 Å². The largest absolute Gasteiger partial charge is 0.479 e. The number of halogens is 2. The van der Waals surface area contributed by atoms with E-state index in [-0.39, 0.29) is 13.1 Å². The molecule has 0 aliphatic rings. The number of methoxy groups -OCH3 is 1. The summed E-state index contributed by atoms with van der Waals surface area (Å²) in [6.45, 7) is -0.233. The van der Waals surface area contributed by atoms with Gasteiger partial charge >= 0.3 is 12.0 Å². The SMILES string of the molecule is COC(CNC(=O)NCc1ccc(F)c(F)c1)C(=O)O. The standard InChI is InChI=1S/C12H14F2N2O4/c1-20-10(11(17)18)6-16-12(19)15-5-7-2-3-8(13)9(14)4-7/h2-4,10H,5-6H2,1H3,(H,17,18)(H2,15,16,19). The summed E-state index contributed by atoms with van der Waals surface area (Å²) in [4.78, 5) is 22.0. The summed E-state index contributed by atoms with van der Waals surface area (Å²) in [5, 5.41) is 13.3. The Bertz CT molecular complexity index is 496. The molecule has 0 aliphatic carbocycles. The first-order valence-electron chi connectivity index (χ1n) is 5.65. The van der Waals surface area contributed by atoms with Crippen LogP contribution < -0.4 is 10.6 Å². The lowest BCUT2D eigenvalue weighted by molar-refractivity contribution is -0.147. The summed E-state index contributed by atoms with van der Waals surface area (Å²) in [6, 6.07) is 2.60. The Morgan fingerprint density at radius 3 is 2.55 bits per heavy atom. The lowest BCUT2D eigenvalue weighted by Crippen LogP contribution is -2.42. The summed E-state index contributed by atoms with van der Waals surface area (Å²) in [6.07, 6.45) is -1.15. The number of nitrogens with one attached hydrogen (secondary N) is 2. The number of hydrogen-bond donors (Lipinski definition) is 3. The molecule has 6 nitrogen and oxygen atoms in total. The van der Waals surface area contributed by atoms with Gasteiger partial charge in [-0.3, -0.25) is 0 Å². The van der Waals surface area contributed by atoms with Gasteiger partial charge in [0.25, 0.3) is 0 Å². The van der Waals surface area contributed by atoms with E-state index < -0.39 is 29.7 Å². The van der Waals surface area contributed by atoms with Crippen LogP contribution in [0, 0.1) is 11.6 Å². The van der Waals surface area contributed by atoms with Gasteiger partial charge in [-0.1, -0.05) is 6.07 Å². The van der Waals surface area contributed by atoms with Crippen LogP contribution in [0.2, 0.25) is 0 Å². The highest BCUT2D eigenvalue weighted by Gasteiger charge is 2.16. The van der Waals surface area contributed by atoms with Gasteiger partial charge in [-0.05, 0) is 17.7 Å². The molecule has 20 heavy (non-hydrogen) atoms. The van der Waals surface area contributed by atoms with E-state index in [1.165, 1.54) is 13.2 Å². The third kappa shape index (κ3) is 4.81. The number of carboxylic acid groups (broad SMARTS) is 1. The third-order valence-corrected chi connectivity index (χ3v) is 2.45. The molecule has 1 unspecified atom stereocenters. The van der Waals surface area contributed by atoms with Gasteiger partial charge in [0.15, 0.2) is 17.7 Å². The summed E-state index contributed by atoms with van der Waals surface area (Å²) < 4.78 is 30.2. The van der Waals surface area contributed by atoms with Crippen molar-refractivity contribution in [2.75, 3.05) is 13.7 Å². The van der Waals surface area contributed by atoms with E-state index in [9.17, 15) is 18.4 Å². The Labute approximate surface area is 113 Å². The Kier molecular flexibility index (Phi) is 5.85. The molecule has 0 heterocycles. The Balaban J connectivity index is 2.39. The molecular formula is C12H14F2N2O4. The fraction of sp³-hybridized carbons (Fsp3) is 0.333. The lowest BCUT2D eigenvalue weighted by atomic mass is 10.2. The molecule has 110 valence electrons. The van der Waals surface area contributed by atoms with Gasteiger partial charge in [0.2, 0.25) is 0 Å². The second-order valence-electron chi connectivity index (χ2n) is 3.87. The summed E-state index contributed by atoms with van der Waals surface area (Å²) >= 11 is 0. The minimum Gasteiger partial charge on any atom is -0.479 e. The number of aliphatic carboxylic acids is 1. The molecule has 0 spiro atoms. The monoisotopic (exact) mass is 288 g/mol. The number of benzene rings is 1. The third-order valence-electron chi connectivity index (χ3n) is 2.45. The molecule has 1 rings (SSSR count). The first-order chi connectivity index (χ1) is 9.43. The number of urea groups is 1. The predicted octanol–water partition coefficient (Wildman–Crippen LogP) is 0.864. The first kappa shape index (κ1) is 15.8. The fourth-order valence-corrected chi connectivity index (χ4v) is 1.35. The van der Waals surface area contributed by atoms with E-state index in [4.69, 9.17) is 5.11 Å². The second-order valence-corrected chi connectivity index (χ2v) is 3.87. The van der Waals surface area contributed by atoms with Gasteiger partial charge in [0, 0.05) is 13.7 Å². The van der Waals surface area contributed by atoms with Gasteiger partial charge in [-0.15, -0.1) is 0 Å². The Morgan fingerprint density at radius 1 is 1.30 bits per heavy atom. The van der Waals surface area contributed by atoms with Gasteiger partial charge in [0.1, 0.15) is 0 Å². The summed E-state index contributed by atoms with van der Waals surface area (Å²) in [7, 11) is 1.21. The first-order valence-corrected chi connectivity index (χ1v) is 5.65. The minimum atomic E-state index is -1.20. The number of carbonyl (C=O) groups excluding carboxylic acids is 1. The maximum atomic E-state index is 12.9. The van der Waals surface area contributed by atoms with Gasteiger partial charge in [-0.2, -0.15) is 0 Å². The van der Waals surface area contributed by atoms with E-state index in [1.807, 2.05) is 0 Å². The molecular weight excluding hydrogens is 274 g/mol. The highest BCUT2D eigenvalue weighted by Crippen LogP contribution is 2.08. The Morgan fingerprint density at radius 2 is 2.00 bits per heavy atom. The summed E-state index contributed by atoms with van der Waals surface area (Å²) in [5.74, 6) is -3.17. The topological polar surface area (TPSA) is 87.7 Å². The molecule has 2 amide bonds. The number of ether oxygens (including phenoxy) is 1. The van der Waals surface area contributed by atoms with Crippen LogP contribution in [0.5, 0.6) is 0 Å². The number of hydrogen-bond acceptors (Lipinski definition) is 3. The van der Waals surface area contributed by atoms with Crippen molar-refractivity contribution in [3.8, 4) is 0 Å². The summed E-state index contributed by atoms with van der Waals surface area (Å²) in [5.41, 5.74) is 0.376. The molecule has 0 bridgehead atoms. The second kappa shape index (κ2) is 7.39. The number of carboxylic acids is 1. The van der Waals surface area contributed by atoms with Crippen LogP contribution in [0.15, 0.2) is 18.2 Å². The minimum absolute atomic E-state index is 0.0201. The smallest absolute Gasteiger partial charge is 0.334 e. The van der Waals surface area contributed by atoms with Gasteiger partial charge in [-0.25, -0.2) is 18.4 Å². The zero-order valence-electron chi connectivity index (χ0n) is 10.7. The number of rotatable bonds is 6. The van der Waals surface area contributed by atoms with Crippen molar-refractivity contribution >= 4 is 12.0 Å². The molecule has 0 saturated heterocycles. The van der Waals surface area contributed by atoms with Gasteiger partial charge in [0.05, 0.1) is 6.54 Å². The number of amides is 2. The average molecular weight is 288 g/mol. The van der Waals surface area contributed by atoms with E-state index in [2.05, 4.69) is 15.4 Å². The van der Waals surface area contributed by atoms with Gasteiger partial charge < -0.3 is 20.5 Å². The van der Waals surface area contributed by atoms with Crippen molar-refractivity contribution in [2.24, 2.45) is 0 Å². The number of carbonyl (C=O) groups is 2. The molecule has 8 heteroatoms. The van der Waals surface area contributed by atoms with Crippen LogP contribution in [0.3, 0.4) is 0 Å². The molecule has 0 saturated carbocycles. The van der Waals surface area contributed by atoms with Crippen molar-refractivity contribution in [1.29, 1.82) is 0 Å². The van der Waals surface area contributed by atoms with E-state index in [0.29, 0.717) is 5.56 Å². The van der Waals surface area contributed by atoms with E-state index in [1.54, 1.807) is 0 Å². The maximum Gasteiger partial charge on any atom is 0.334 e. The van der Waals surface area contributed by atoms with E-state index in [0.717, 1.165) is 12.1 Å². The molecule has 0 aromatic heterocycles. The maximum absolute atomic E-state index is 12.9. The molecule has 0 aliphatic heterocycles. The van der Waals surface area contributed by atoms with E-state index >= 15 is 0 Å². The lowest BCUT2D eigenvalue weighted by Gasteiger charge is -2.12. The Hall–Kier alpha value is -2.22. The van der Waals surface area contributed by atoms with Crippen LogP contribution in [-0.4, -0.2) is 36.9 Å². The predicted molar refractivity (Wildman–Crippen MR) is 65.0 cm³/mol.